The summed E-state index contributed by atoms with van der Waals surface area (Å²) >= 11 is 0. The van der Waals surface area contributed by atoms with Crippen LogP contribution in [0.4, 0.5) is 0 Å². The second kappa shape index (κ2) is 8.11. The molecule has 18 heavy (non-hydrogen) atoms. The molecule has 2 N–H and O–H groups in total. The Hall–Kier alpha value is -1.06. The molecule has 4 nitrogen and oxygen atoms in total. The predicted octanol–water partition coefficient (Wildman–Crippen LogP) is 2.57. The number of nitrogens with one attached hydrogen (secondary N) is 1. The SMILES string of the molecule is CC(CCC(=O)O)CNC(=O)CCC1CCCC1. The number of hydrogen-bond acceptors (Lipinski definition) is 2. The van der Waals surface area contributed by atoms with Crippen LogP contribution in [0.5, 0.6) is 0 Å². The van der Waals surface area contributed by atoms with Crippen molar-refractivity contribution in [3.05, 3.63) is 0 Å². The molecule has 0 aromatic rings. The van der Waals surface area contributed by atoms with Crippen molar-refractivity contribution < 1.29 is 14.7 Å². The van der Waals surface area contributed by atoms with Crippen molar-refractivity contribution in [2.75, 3.05) is 6.54 Å². The van der Waals surface area contributed by atoms with E-state index in [1.165, 1.54) is 25.7 Å². The van der Waals surface area contributed by atoms with Gasteiger partial charge in [-0.3, -0.25) is 9.59 Å². The summed E-state index contributed by atoms with van der Waals surface area (Å²) in [6, 6.07) is 0. The normalized spacial score (nSPS) is 17.6. The molecule has 1 fully saturated rings. The fourth-order valence-electron chi connectivity index (χ4n) is 2.48. The van der Waals surface area contributed by atoms with Gasteiger partial charge in [0.25, 0.3) is 0 Å². The maximum atomic E-state index is 11.6. The first-order chi connectivity index (χ1) is 8.58. The first kappa shape index (κ1) is 15.0. The van der Waals surface area contributed by atoms with Crippen LogP contribution in [-0.4, -0.2) is 23.5 Å². The second-order valence-corrected chi connectivity index (χ2v) is 5.53. The van der Waals surface area contributed by atoms with E-state index >= 15 is 0 Å². The van der Waals surface area contributed by atoms with Crippen LogP contribution >= 0.6 is 0 Å². The molecule has 1 saturated carbocycles. The number of carbonyl (C=O) groups excluding carboxylic acids is 1. The lowest BCUT2D eigenvalue weighted by Crippen LogP contribution is -2.28. The van der Waals surface area contributed by atoms with Gasteiger partial charge in [0.1, 0.15) is 0 Å². The molecule has 1 amide bonds. The van der Waals surface area contributed by atoms with Gasteiger partial charge in [-0.1, -0.05) is 32.6 Å². The van der Waals surface area contributed by atoms with E-state index in [0.29, 0.717) is 19.4 Å². The van der Waals surface area contributed by atoms with Crippen molar-refractivity contribution in [2.24, 2.45) is 11.8 Å². The molecule has 0 spiro atoms. The van der Waals surface area contributed by atoms with E-state index in [1.807, 2.05) is 6.92 Å². The molecule has 4 heteroatoms. The zero-order valence-corrected chi connectivity index (χ0v) is 11.3. The van der Waals surface area contributed by atoms with Crippen molar-refractivity contribution in [3.63, 3.8) is 0 Å². The molecule has 0 bridgehead atoms. The number of aliphatic carboxylic acids is 1. The van der Waals surface area contributed by atoms with Gasteiger partial charge in [-0.05, 0) is 24.7 Å². The summed E-state index contributed by atoms with van der Waals surface area (Å²) in [5, 5.41) is 11.5. The van der Waals surface area contributed by atoms with Crippen LogP contribution in [0.15, 0.2) is 0 Å². The third-order valence-electron chi connectivity index (χ3n) is 3.75. The van der Waals surface area contributed by atoms with E-state index in [2.05, 4.69) is 5.32 Å². The van der Waals surface area contributed by atoms with Gasteiger partial charge in [0.2, 0.25) is 5.91 Å². The molecule has 1 aliphatic rings. The van der Waals surface area contributed by atoms with Crippen molar-refractivity contribution in [1.29, 1.82) is 0 Å². The Kier molecular flexibility index (Phi) is 6.76. The number of carboxylic acid groups (broad SMARTS) is 1. The van der Waals surface area contributed by atoms with Crippen LogP contribution in [0.2, 0.25) is 0 Å². The lowest BCUT2D eigenvalue weighted by molar-refractivity contribution is -0.137. The zero-order chi connectivity index (χ0) is 13.4. The molecule has 0 heterocycles. The predicted molar refractivity (Wildman–Crippen MR) is 70.2 cm³/mol. The second-order valence-electron chi connectivity index (χ2n) is 5.53. The highest BCUT2D eigenvalue weighted by Crippen LogP contribution is 2.28. The Morgan fingerprint density at radius 3 is 2.56 bits per heavy atom. The van der Waals surface area contributed by atoms with E-state index < -0.39 is 5.97 Å². The molecule has 1 aliphatic carbocycles. The number of carbonyl (C=O) groups is 2. The number of rotatable bonds is 8. The minimum atomic E-state index is -0.769. The van der Waals surface area contributed by atoms with Crippen LogP contribution in [0.1, 0.15) is 58.3 Å². The van der Waals surface area contributed by atoms with Crippen LogP contribution in [0.25, 0.3) is 0 Å². The molecule has 0 aliphatic heterocycles. The summed E-state index contributed by atoms with van der Waals surface area (Å²) in [7, 11) is 0. The average molecular weight is 255 g/mol. The number of carboxylic acids is 1. The zero-order valence-electron chi connectivity index (χ0n) is 11.3. The summed E-state index contributed by atoms with van der Waals surface area (Å²) in [6.07, 6.45) is 7.63. The minimum Gasteiger partial charge on any atom is -0.481 e. The number of hydrogen-bond donors (Lipinski definition) is 2. The van der Waals surface area contributed by atoms with Crippen molar-refractivity contribution in [2.45, 2.75) is 58.3 Å². The van der Waals surface area contributed by atoms with Crippen molar-refractivity contribution in [1.82, 2.24) is 5.32 Å². The lowest BCUT2D eigenvalue weighted by Gasteiger charge is -2.12. The summed E-state index contributed by atoms with van der Waals surface area (Å²) in [5.41, 5.74) is 0. The Labute approximate surface area is 109 Å². The van der Waals surface area contributed by atoms with Gasteiger partial charge in [0, 0.05) is 19.4 Å². The Morgan fingerprint density at radius 2 is 1.94 bits per heavy atom. The molecular formula is C14H25NO3. The monoisotopic (exact) mass is 255 g/mol. The van der Waals surface area contributed by atoms with Crippen LogP contribution in [-0.2, 0) is 9.59 Å². The van der Waals surface area contributed by atoms with E-state index in [9.17, 15) is 9.59 Å². The average Bonchev–Trinajstić information content (AvgIpc) is 2.84. The summed E-state index contributed by atoms with van der Waals surface area (Å²) in [5.74, 6) is 0.329. The highest BCUT2D eigenvalue weighted by Gasteiger charge is 2.16. The molecule has 0 aromatic heterocycles. The Bertz CT molecular complexity index is 272. The Morgan fingerprint density at radius 1 is 1.28 bits per heavy atom. The molecule has 1 atom stereocenters. The van der Waals surface area contributed by atoms with Gasteiger partial charge in [-0.2, -0.15) is 0 Å². The third-order valence-corrected chi connectivity index (χ3v) is 3.75. The quantitative estimate of drug-likeness (QED) is 0.700. The molecule has 0 radical (unpaired) electrons. The topological polar surface area (TPSA) is 66.4 Å². The van der Waals surface area contributed by atoms with E-state index in [1.54, 1.807) is 0 Å². The summed E-state index contributed by atoms with van der Waals surface area (Å²) < 4.78 is 0. The molecule has 104 valence electrons. The van der Waals surface area contributed by atoms with Crippen molar-refractivity contribution >= 4 is 11.9 Å². The maximum Gasteiger partial charge on any atom is 0.303 e. The van der Waals surface area contributed by atoms with E-state index in [4.69, 9.17) is 5.11 Å². The molecular weight excluding hydrogens is 230 g/mol. The smallest absolute Gasteiger partial charge is 0.303 e. The van der Waals surface area contributed by atoms with Gasteiger partial charge in [0.05, 0.1) is 0 Å². The van der Waals surface area contributed by atoms with Gasteiger partial charge in [-0.25, -0.2) is 0 Å². The van der Waals surface area contributed by atoms with E-state index in [-0.39, 0.29) is 18.2 Å². The number of amides is 1. The molecule has 0 aromatic carbocycles. The largest absolute Gasteiger partial charge is 0.481 e. The standard InChI is InChI=1S/C14H25NO3/c1-11(6-9-14(17)18)10-15-13(16)8-7-12-4-2-3-5-12/h11-12H,2-10H2,1H3,(H,15,16)(H,17,18). The first-order valence-electron chi connectivity index (χ1n) is 7.06. The first-order valence-corrected chi connectivity index (χ1v) is 7.06. The van der Waals surface area contributed by atoms with E-state index in [0.717, 1.165) is 12.3 Å². The fourth-order valence-corrected chi connectivity index (χ4v) is 2.48. The summed E-state index contributed by atoms with van der Waals surface area (Å²) in [6.45, 7) is 2.57. The highest BCUT2D eigenvalue weighted by molar-refractivity contribution is 5.75. The summed E-state index contributed by atoms with van der Waals surface area (Å²) in [4.78, 5) is 22.0. The Balaban J connectivity index is 2.03. The minimum absolute atomic E-state index is 0.115. The van der Waals surface area contributed by atoms with Crippen molar-refractivity contribution in [3.8, 4) is 0 Å². The highest BCUT2D eigenvalue weighted by atomic mass is 16.4. The van der Waals surface area contributed by atoms with Gasteiger partial charge >= 0.3 is 5.97 Å². The van der Waals surface area contributed by atoms with Gasteiger partial charge in [0.15, 0.2) is 0 Å². The van der Waals surface area contributed by atoms with Crippen LogP contribution in [0, 0.1) is 11.8 Å². The fraction of sp³-hybridized carbons (Fsp3) is 0.857. The van der Waals surface area contributed by atoms with Crippen LogP contribution < -0.4 is 5.32 Å². The lowest BCUT2D eigenvalue weighted by atomic mass is 10.0. The third kappa shape index (κ3) is 6.62. The molecule has 0 saturated heterocycles. The van der Waals surface area contributed by atoms with Crippen LogP contribution in [0.3, 0.4) is 0 Å². The molecule has 1 unspecified atom stereocenters. The maximum absolute atomic E-state index is 11.6. The van der Waals surface area contributed by atoms with Gasteiger partial charge in [-0.15, -0.1) is 0 Å². The van der Waals surface area contributed by atoms with Gasteiger partial charge < -0.3 is 10.4 Å². The molecule has 1 rings (SSSR count).